The highest BCUT2D eigenvalue weighted by Gasteiger charge is 2.54. The van der Waals surface area contributed by atoms with E-state index in [-0.39, 0.29) is 17.8 Å². The molecule has 2 aliphatic rings. The van der Waals surface area contributed by atoms with Gasteiger partial charge in [0.15, 0.2) is 5.69 Å². The van der Waals surface area contributed by atoms with Gasteiger partial charge in [-0.25, -0.2) is 9.64 Å². The Morgan fingerprint density at radius 2 is 1.69 bits per heavy atom. The number of nitrogens with one attached hydrogen (secondary N) is 1. The summed E-state index contributed by atoms with van der Waals surface area (Å²) in [7, 11) is 0. The molecule has 0 aliphatic carbocycles. The molecule has 2 aliphatic heterocycles. The van der Waals surface area contributed by atoms with Crippen molar-refractivity contribution in [2.24, 2.45) is 0 Å². The van der Waals surface area contributed by atoms with Crippen molar-refractivity contribution in [2.45, 2.75) is 24.9 Å². The number of nitrogens with zero attached hydrogens (tertiary/aromatic N) is 3. The van der Waals surface area contributed by atoms with E-state index in [1.165, 1.54) is 0 Å². The molecule has 0 saturated carbocycles. The van der Waals surface area contributed by atoms with E-state index in [0.717, 1.165) is 5.56 Å². The normalized spacial score (nSPS) is 17.9. The van der Waals surface area contributed by atoms with Crippen LogP contribution < -0.4 is 5.32 Å². The average molecular weight is 388 g/mol. The number of carbonyl (C=O) groups excluding carboxylic acids is 3. The van der Waals surface area contributed by atoms with Crippen LogP contribution in [0.3, 0.4) is 0 Å². The molecule has 2 saturated heterocycles. The number of likely N-dealkylation sites (tertiary alicyclic amines) is 1. The Kier molecular flexibility index (Phi) is 4.77. The fourth-order valence-electron chi connectivity index (χ4n) is 4.02. The molecule has 0 radical (unpaired) electrons. The van der Waals surface area contributed by atoms with Gasteiger partial charge >= 0.3 is 6.03 Å². The molecule has 0 atom stereocenters. The van der Waals surface area contributed by atoms with Crippen LogP contribution in [-0.2, 0) is 11.3 Å². The van der Waals surface area contributed by atoms with Crippen molar-refractivity contribution >= 4 is 23.5 Å². The van der Waals surface area contributed by atoms with Crippen molar-refractivity contribution in [3.63, 3.8) is 0 Å². The first-order valence-corrected chi connectivity index (χ1v) is 9.47. The van der Waals surface area contributed by atoms with Crippen LogP contribution in [0.25, 0.3) is 4.85 Å². The molecule has 0 bridgehead atoms. The van der Waals surface area contributed by atoms with Gasteiger partial charge in [-0.15, -0.1) is 0 Å². The number of carbonyl (C=O) groups is 3. The molecular weight excluding hydrogens is 368 g/mol. The summed E-state index contributed by atoms with van der Waals surface area (Å²) >= 11 is 0. The largest absolute Gasteiger partial charge is 0.338 e. The summed E-state index contributed by atoms with van der Waals surface area (Å²) < 4.78 is 0. The summed E-state index contributed by atoms with van der Waals surface area (Å²) in [5.74, 6) is -0.414. The van der Waals surface area contributed by atoms with Crippen LogP contribution in [0, 0.1) is 6.57 Å². The lowest BCUT2D eigenvalue weighted by Crippen LogP contribution is -2.57. The predicted molar refractivity (Wildman–Crippen MR) is 106 cm³/mol. The minimum atomic E-state index is -0.919. The van der Waals surface area contributed by atoms with E-state index in [2.05, 4.69) is 10.2 Å². The van der Waals surface area contributed by atoms with Gasteiger partial charge in [-0.05, 0) is 18.4 Å². The van der Waals surface area contributed by atoms with Gasteiger partial charge in [-0.2, -0.15) is 0 Å². The van der Waals surface area contributed by atoms with Gasteiger partial charge in [0.05, 0.1) is 6.57 Å². The Bertz CT molecular complexity index is 987. The van der Waals surface area contributed by atoms with E-state index in [4.69, 9.17) is 6.57 Å². The molecule has 29 heavy (non-hydrogen) atoms. The highest BCUT2D eigenvalue weighted by molar-refractivity contribution is 6.07. The van der Waals surface area contributed by atoms with Crippen LogP contribution >= 0.6 is 0 Å². The molecule has 1 N–H and O–H groups in total. The van der Waals surface area contributed by atoms with Gasteiger partial charge in [0, 0.05) is 25.2 Å². The SMILES string of the molecule is [C-]#[N+]c1ccc(C(=O)N2CCC3(CC2)C(=O)NC(=O)N3Cc2ccccc2)cc1. The van der Waals surface area contributed by atoms with E-state index in [1.54, 1.807) is 34.1 Å². The molecule has 1 spiro atoms. The molecule has 146 valence electrons. The number of hydrogen-bond donors (Lipinski definition) is 1. The summed E-state index contributed by atoms with van der Waals surface area (Å²) in [4.78, 5) is 44.6. The third kappa shape index (κ3) is 3.34. The van der Waals surface area contributed by atoms with Crippen molar-refractivity contribution in [3.8, 4) is 0 Å². The monoisotopic (exact) mass is 388 g/mol. The van der Waals surface area contributed by atoms with Gasteiger partial charge in [0.2, 0.25) is 0 Å². The third-order valence-corrected chi connectivity index (χ3v) is 5.71. The maximum absolute atomic E-state index is 12.8. The van der Waals surface area contributed by atoms with E-state index in [9.17, 15) is 14.4 Å². The highest BCUT2D eigenvalue weighted by Crippen LogP contribution is 2.35. The summed E-state index contributed by atoms with van der Waals surface area (Å²) in [5.41, 5.74) is 1.03. The van der Waals surface area contributed by atoms with Gasteiger partial charge in [0.25, 0.3) is 11.8 Å². The summed E-state index contributed by atoms with van der Waals surface area (Å²) in [6, 6.07) is 15.7. The second kappa shape index (κ2) is 7.40. The maximum atomic E-state index is 12.8. The number of benzene rings is 2. The molecule has 0 aromatic heterocycles. The molecule has 0 unspecified atom stereocenters. The second-order valence-electron chi connectivity index (χ2n) is 7.31. The zero-order chi connectivity index (χ0) is 20.4. The molecule has 2 aromatic carbocycles. The third-order valence-electron chi connectivity index (χ3n) is 5.71. The smallest absolute Gasteiger partial charge is 0.325 e. The number of rotatable bonds is 3. The number of hydrogen-bond acceptors (Lipinski definition) is 3. The van der Waals surface area contributed by atoms with Crippen molar-refractivity contribution in [1.82, 2.24) is 15.1 Å². The fraction of sp³-hybridized carbons (Fsp3) is 0.273. The predicted octanol–water partition coefficient (Wildman–Crippen LogP) is 2.96. The Morgan fingerprint density at radius 3 is 2.31 bits per heavy atom. The lowest BCUT2D eigenvalue weighted by Gasteiger charge is -2.42. The first-order chi connectivity index (χ1) is 14.0. The molecule has 2 heterocycles. The standard InChI is InChI=1S/C22H20N4O3/c1-23-18-9-7-17(8-10-18)19(27)25-13-11-22(12-14-25)20(28)24-21(29)26(22)15-16-5-3-2-4-6-16/h2-10H,11-15H2,(H,24,28,29). The number of urea groups is 1. The van der Waals surface area contributed by atoms with Crippen LogP contribution in [0.15, 0.2) is 54.6 Å². The van der Waals surface area contributed by atoms with Crippen LogP contribution in [0.2, 0.25) is 0 Å². The lowest BCUT2D eigenvalue weighted by molar-refractivity contribution is -0.129. The molecule has 2 fully saturated rings. The molecular formula is C22H20N4O3. The van der Waals surface area contributed by atoms with Crippen LogP contribution in [-0.4, -0.2) is 46.3 Å². The molecule has 4 rings (SSSR count). The van der Waals surface area contributed by atoms with Crippen molar-refractivity contribution in [1.29, 1.82) is 0 Å². The van der Waals surface area contributed by atoms with E-state index in [0.29, 0.717) is 43.7 Å². The Balaban J connectivity index is 1.49. The number of piperidine rings is 1. The lowest BCUT2D eigenvalue weighted by atomic mass is 9.85. The van der Waals surface area contributed by atoms with Crippen molar-refractivity contribution in [2.75, 3.05) is 13.1 Å². The first kappa shape index (κ1) is 18.7. The van der Waals surface area contributed by atoms with Crippen LogP contribution in [0.4, 0.5) is 10.5 Å². The summed E-state index contributed by atoms with van der Waals surface area (Å²) in [5, 5.41) is 2.45. The maximum Gasteiger partial charge on any atom is 0.325 e. The van der Waals surface area contributed by atoms with E-state index < -0.39 is 5.54 Å². The average Bonchev–Trinajstić information content (AvgIpc) is 2.98. The fourth-order valence-corrected chi connectivity index (χ4v) is 4.02. The molecule has 7 nitrogen and oxygen atoms in total. The van der Waals surface area contributed by atoms with Crippen molar-refractivity contribution in [3.05, 3.63) is 77.1 Å². The Morgan fingerprint density at radius 1 is 1.03 bits per heavy atom. The number of amides is 4. The first-order valence-electron chi connectivity index (χ1n) is 9.47. The molecule has 7 heteroatoms. The zero-order valence-corrected chi connectivity index (χ0v) is 15.8. The van der Waals surface area contributed by atoms with E-state index >= 15 is 0 Å². The summed E-state index contributed by atoms with van der Waals surface area (Å²) in [6.45, 7) is 8.12. The molecule has 2 aromatic rings. The van der Waals surface area contributed by atoms with Crippen molar-refractivity contribution < 1.29 is 14.4 Å². The highest BCUT2D eigenvalue weighted by atomic mass is 16.2. The van der Waals surface area contributed by atoms with Gasteiger partial charge in [0.1, 0.15) is 5.54 Å². The van der Waals surface area contributed by atoms with Crippen LogP contribution in [0.1, 0.15) is 28.8 Å². The topological polar surface area (TPSA) is 74.1 Å². The number of imide groups is 1. The quantitative estimate of drug-likeness (QED) is 0.649. The van der Waals surface area contributed by atoms with Crippen LogP contribution in [0.5, 0.6) is 0 Å². The van der Waals surface area contributed by atoms with Gasteiger partial charge in [-0.1, -0.05) is 54.6 Å². The minimum absolute atomic E-state index is 0.129. The minimum Gasteiger partial charge on any atom is -0.338 e. The van der Waals surface area contributed by atoms with E-state index in [1.807, 2.05) is 30.3 Å². The zero-order valence-electron chi connectivity index (χ0n) is 15.8. The molecule has 4 amide bonds. The summed E-state index contributed by atoms with van der Waals surface area (Å²) in [6.07, 6.45) is 0.784. The van der Waals surface area contributed by atoms with Gasteiger partial charge < -0.3 is 9.80 Å². The Hall–Kier alpha value is -3.66. The second-order valence-corrected chi connectivity index (χ2v) is 7.31. The Labute approximate surface area is 168 Å². The van der Waals surface area contributed by atoms with Gasteiger partial charge in [-0.3, -0.25) is 14.9 Å².